The number of anilines is 2. The van der Waals surface area contributed by atoms with Crippen LogP contribution in [-0.2, 0) is 4.79 Å². The smallest absolute Gasteiger partial charge is 0.293 e. The van der Waals surface area contributed by atoms with Crippen LogP contribution in [0.2, 0.25) is 10.0 Å². The van der Waals surface area contributed by atoms with Crippen molar-refractivity contribution in [3.05, 3.63) is 70.4 Å². The molecular formula is C24H22Cl2N4O3S. The lowest BCUT2D eigenvalue weighted by Gasteiger charge is -2.36. The average Bonchev–Trinajstić information content (AvgIpc) is 3.29. The van der Waals surface area contributed by atoms with Gasteiger partial charge < -0.3 is 19.5 Å². The molecule has 4 rings (SSSR count). The third-order valence-corrected chi connectivity index (χ3v) is 6.22. The van der Waals surface area contributed by atoms with E-state index in [0.29, 0.717) is 47.5 Å². The largest absolute Gasteiger partial charge is 0.451 e. The molecule has 2 aromatic carbocycles. The van der Waals surface area contributed by atoms with E-state index >= 15 is 0 Å². The van der Waals surface area contributed by atoms with Gasteiger partial charge in [0.05, 0.1) is 16.4 Å². The van der Waals surface area contributed by atoms with Gasteiger partial charge in [0, 0.05) is 43.7 Å². The molecule has 0 saturated carbocycles. The molecule has 2 heterocycles. The van der Waals surface area contributed by atoms with Gasteiger partial charge >= 0.3 is 0 Å². The molecule has 2 N–H and O–H groups in total. The van der Waals surface area contributed by atoms with Crippen LogP contribution in [0.3, 0.4) is 0 Å². The number of furan rings is 1. The number of benzene rings is 2. The highest BCUT2D eigenvalue weighted by Gasteiger charge is 2.21. The first-order valence-electron chi connectivity index (χ1n) is 10.6. The Kier molecular flexibility index (Phi) is 7.41. The molecule has 2 amide bonds. The number of para-hydroxylation sites is 2. The number of rotatable bonds is 4. The summed E-state index contributed by atoms with van der Waals surface area (Å²) < 4.78 is 5.68. The Morgan fingerprint density at radius 1 is 1.00 bits per heavy atom. The molecule has 3 aromatic rings. The van der Waals surface area contributed by atoms with Crippen LogP contribution in [0.5, 0.6) is 0 Å². The topological polar surface area (TPSA) is 77.8 Å². The summed E-state index contributed by atoms with van der Waals surface area (Å²) in [6.07, 6.45) is 0. The molecule has 34 heavy (non-hydrogen) atoms. The van der Waals surface area contributed by atoms with Crippen molar-refractivity contribution in [3.8, 4) is 11.3 Å². The number of carbonyl (C=O) groups is 2. The van der Waals surface area contributed by atoms with Gasteiger partial charge in [-0.2, -0.15) is 0 Å². The summed E-state index contributed by atoms with van der Waals surface area (Å²) in [4.78, 5) is 28.3. The SMILES string of the molecule is CC(=O)N1CCN(c2ccccc2NC(=S)NC(=O)c2ccc(-c3ccc(Cl)cc3Cl)o2)CC1. The van der Waals surface area contributed by atoms with Crippen LogP contribution >= 0.6 is 35.4 Å². The Hall–Kier alpha value is -3.07. The maximum absolute atomic E-state index is 12.7. The molecule has 0 unspecified atom stereocenters. The zero-order valence-electron chi connectivity index (χ0n) is 18.3. The Balaban J connectivity index is 1.41. The summed E-state index contributed by atoms with van der Waals surface area (Å²) in [5, 5.41) is 6.82. The first-order chi connectivity index (χ1) is 16.3. The zero-order valence-corrected chi connectivity index (χ0v) is 20.6. The highest BCUT2D eigenvalue weighted by molar-refractivity contribution is 7.80. The van der Waals surface area contributed by atoms with Crippen LogP contribution in [0.15, 0.2) is 59.0 Å². The van der Waals surface area contributed by atoms with Crippen LogP contribution < -0.4 is 15.5 Å². The fraction of sp³-hybridized carbons (Fsp3) is 0.208. The van der Waals surface area contributed by atoms with Crippen LogP contribution in [0.1, 0.15) is 17.5 Å². The van der Waals surface area contributed by atoms with Crippen molar-refractivity contribution in [2.24, 2.45) is 0 Å². The first-order valence-corrected chi connectivity index (χ1v) is 11.8. The Morgan fingerprint density at radius 2 is 1.74 bits per heavy atom. The van der Waals surface area contributed by atoms with Crippen molar-refractivity contribution < 1.29 is 14.0 Å². The standard InChI is InChI=1S/C24H22Cl2N4O3S/c1-15(31)29-10-12-30(13-11-29)20-5-3-2-4-19(20)27-24(34)28-23(32)22-9-8-21(33-22)17-7-6-16(25)14-18(17)26/h2-9,14H,10-13H2,1H3,(H2,27,28,32,34). The van der Waals surface area contributed by atoms with E-state index in [1.54, 1.807) is 37.3 Å². The number of thiocarbonyl (C=S) groups is 1. The molecule has 7 nitrogen and oxygen atoms in total. The monoisotopic (exact) mass is 516 g/mol. The second-order valence-corrected chi connectivity index (χ2v) is 8.96. The molecule has 0 spiro atoms. The van der Waals surface area contributed by atoms with Crippen molar-refractivity contribution in [1.82, 2.24) is 10.2 Å². The maximum Gasteiger partial charge on any atom is 0.293 e. The molecule has 1 aliphatic rings. The quantitative estimate of drug-likeness (QED) is 0.472. The molecule has 1 aromatic heterocycles. The fourth-order valence-electron chi connectivity index (χ4n) is 3.73. The number of nitrogens with zero attached hydrogens (tertiary/aromatic N) is 2. The zero-order chi connectivity index (χ0) is 24.2. The Labute approximate surface area is 212 Å². The van der Waals surface area contributed by atoms with Crippen LogP contribution in [0.4, 0.5) is 11.4 Å². The molecule has 0 atom stereocenters. The molecule has 10 heteroatoms. The summed E-state index contributed by atoms with van der Waals surface area (Å²) in [5.41, 5.74) is 2.33. The van der Waals surface area contributed by atoms with Crippen LogP contribution in [-0.4, -0.2) is 48.0 Å². The predicted molar refractivity (Wildman–Crippen MR) is 139 cm³/mol. The fourth-order valence-corrected chi connectivity index (χ4v) is 4.43. The van der Waals surface area contributed by atoms with E-state index in [-0.39, 0.29) is 16.8 Å². The van der Waals surface area contributed by atoms with E-state index < -0.39 is 5.91 Å². The van der Waals surface area contributed by atoms with Gasteiger partial charge in [-0.1, -0.05) is 35.3 Å². The van der Waals surface area contributed by atoms with Gasteiger partial charge in [0.15, 0.2) is 10.9 Å². The molecule has 0 bridgehead atoms. The van der Waals surface area contributed by atoms with E-state index in [1.165, 1.54) is 0 Å². The maximum atomic E-state index is 12.7. The normalized spacial score (nSPS) is 13.5. The average molecular weight is 517 g/mol. The van der Waals surface area contributed by atoms with E-state index in [0.717, 1.165) is 11.4 Å². The van der Waals surface area contributed by atoms with Crippen molar-refractivity contribution >= 4 is 63.7 Å². The predicted octanol–water partition coefficient (Wildman–Crippen LogP) is 5.05. The van der Waals surface area contributed by atoms with Crippen molar-refractivity contribution in [3.63, 3.8) is 0 Å². The molecule has 176 valence electrons. The highest BCUT2D eigenvalue weighted by Crippen LogP contribution is 2.31. The van der Waals surface area contributed by atoms with Gasteiger partial charge in [0.25, 0.3) is 5.91 Å². The summed E-state index contributed by atoms with van der Waals surface area (Å²) in [6, 6.07) is 15.9. The summed E-state index contributed by atoms with van der Waals surface area (Å²) in [6.45, 7) is 4.31. The summed E-state index contributed by atoms with van der Waals surface area (Å²) in [7, 11) is 0. The number of piperazine rings is 1. The van der Waals surface area contributed by atoms with Crippen LogP contribution in [0.25, 0.3) is 11.3 Å². The van der Waals surface area contributed by atoms with Gasteiger partial charge in [0.1, 0.15) is 5.76 Å². The van der Waals surface area contributed by atoms with Crippen LogP contribution in [0, 0.1) is 0 Å². The lowest BCUT2D eigenvalue weighted by Crippen LogP contribution is -2.48. The first kappa shape index (κ1) is 24.1. The van der Waals surface area contributed by atoms with E-state index in [9.17, 15) is 9.59 Å². The molecular weight excluding hydrogens is 495 g/mol. The number of hydrogen-bond acceptors (Lipinski definition) is 5. The number of halogens is 2. The molecule has 0 aliphatic carbocycles. The number of carbonyl (C=O) groups excluding carboxylic acids is 2. The van der Waals surface area contributed by atoms with E-state index in [4.69, 9.17) is 39.8 Å². The van der Waals surface area contributed by atoms with Crippen molar-refractivity contribution in [1.29, 1.82) is 0 Å². The summed E-state index contributed by atoms with van der Waals surface area (Å²) >= 11 is 17.5. The minimum absolute atomic E-state index is 0.0781. The minimum atomic E-state index is -0.485. The highest BCUT2D eigenvalue weighted by atomic mass is 35.5. The second-order valence-electron chi connectivity index (χ2n) is 7.71. The van der Waals surface area contributed by atoms with Gasteiger partial charge in [-0.3, -0.25) is 14.9 Å². The third-order valence-electron chi connectivity index (χ3n) is 5.47. The minimum Gasteiger partial charge on any atom is -0.451 e. The second kappa shape index (κ2) is 10.5. The van der Waals surface area contributed by atoms with Crippen molar-refractivity contribution in [2.75, 3.05) is 36.4 Å². The summed E-state index contributed by atoms with van der Waals surface area (Å²) in [5.74, 6) is 0.135. The molecule has 1 aliphatic heterocycles. The lowest BCUT2D eigenvalue weighted by molar-refractivity contribution is -0.129. The number of amides is 2. The van der Waals surface area contributed by atoms with Gasteiger partial charge in [0.2, 0.25) is 5.91 Å². The van der Waals surface area contributed by atoms with Gasteiger partial charge in [-0.25, -0.2) is 0 Å². The number of hydrogen-bond donors (Lipinski definition) is 2. The lowest BCUT2D eigenvalue weighted by atomic mass is 10.2. The Bertz CT molecular complexity index is 1240. The number of nitrogens with one attached hydrogen (secondary N) is 2. The molecule has 1 saturated heterocycles. The van der Waals surface area contributed by atoms with Gasteiger partial charge in [-0.05, 0) is 54.7 Å². The van der Waals surface area contributed by atoms with Gasteiger partial charge in [-0.15, -0.1) is 0 Å². The Morgan fingerprint density at radius 3 is 2.44 bits per heavy atom. The van der Waals surface area contributed by atoms with Crippen molar-refractivity contribution in [2.45, 2.75) is 6.92 Å². The molecule has 0 radical (unpaired) electrons. The van der Waals surface area contributed by atoms with E-state index in [2.05, 4.69) is 15.5 Å². The van der Waals surface area contributed by atoms with E-state index in [1.807, 2.05) is 29.2 Å². The molecule has 1 fully saturated rings. The third kappa shape index (κ3) is 5.52.